The van der Waals surface area contributed by atoms with Gasteiger partial charge in [-0.25, -0.2) is 0 Å². The first-order valence-corrected chi connectivity index (χ1v) is 7.98. The van der Waals surface area contributed by atoms with Crippen molar-refractivity contribution >= 4 is 5.97 Å². The van der Waals surface area contributed by atoms with Crippen molar-refractivity contribution in [3.63, 3.8) is 0 Å². The molecule has 0 bridgehead atoms. The van der Waals surface area contributed by atoms with Gasteiger partial charge in [0.05, 0.1) is 0 Å². The van der Waals surface area contributed by atoms with Crippen molar-refractivity contribution in [3.05, 3.63) is 46.0 Å². The van der Waals surface area contributed by atoms with E-state index in [0.29, 0.717) is 19.4 Å². The third kappa shape index (κ3) is 6.61. The smallest absolute Gasteiger partial charge is 0.323 e. The molecule has 0 fully saturated rings. The summed E-state index contributed by atoms with van der Waals surface area (Å²) in [5.41, 5.74) is 16.3. The highest BCUT2D eigenvalue weighted by Crippen LogP contribution is 2.19. The van der Waals surface area contributed by atoms with Gasteiger partial charge in [-0.2, -0.15) is 0 Å². The Labute approximate surface area is 141 Å². The van der Waals surface area contributed by atoms with Crippen LogP contribution in [0.2, 0.25) is 0 Å². The molecule has 0 amide bonds. The van der Waals surface area contributed by atoms with Gasteiger partial charge < -0.3 is 16.2 Å². The normalized spacial score (nSPS) is 14.6. The van der Waals surface area contributed by atoms with Crippen LogP contribution in [0.15, 0.2) is 30.3 Å². The van der Waals surface area contributed by atoms with Crippen molar-refractivity contribution in [1.82, 2.24) is 0 Å². The first kappa shape index (κ1) is 20.0. The quantitative estimate of drug-likeness (QED) is 0.178. The summed E-state index contributed by atoms with van der Waals surface area (Å²) in [4.78, 5) is 22.6. The Morgan fingerprint density at radius 3 is 2.50 bits per heavy atom. The Morgan fingerprint density at radius 2 is 1.92 bits per heavy atom. The molecule has 0 heterocycles. The molecule has 6 N–H and O–H groups in total. The van der Waals surface area contributed by atoms with E-state index in [1.54, 1.807) is 0 Å². The maximum Gasteiger partial charge on any atom is 0.323 e. The summed E-state index contributed by atoms with van der Waals surface area (Å²) in [5.74, 6) is -0.591. The van der Waals surface area contributed by atoms with Gasteiger partial charge in [0.1, 0.15) is 12.6 Å². The summed E-state index contributed by atoms with van der Waals surface area (Å²) in [6.45, 7) is 0.575. The standard InChI is InChI=1S/C16H26N4O4/c17-11-5-4-9-16(19,20(22)23)10-8-14(18)15(21)24-12-13-6-2-1-3-7-13/h1-3,6-7,14H,4-5,8-12,17-19H2. The lowest BCUT2D eigenvalue weighted by atomic mass is 9.96. The summed E-state index contributed by atoms with van der Waals surface area (Å²) < 4.78 is 5.12. The monoisotopic (exact) mass is 338 g/mol. The fraction of sp³-hybridized carbons (Fsp3) is 0.562. The average molecular weight is 338 g/mol. The van der Waals surface area contributed by atoms with E-state index >= 15 is 0 Å². The lowest BCUT2D eigenvalue weighted by Crippen LogP contribution is -2.49. The number of ether oxygens (including phenoxy) is 1. The van der Waals surface area contributed by atoms with Gasteiger partial charge in [0.2, 0.25) is 0 Å². The van der Waals surface area contributed by atoms with Crippen molar-refractivity contribution in [2.75, 3.05) is 6.54 Å². The zero-order valence-electron chi connectivity index (χ0n) is 13.7. The van der Waals surface area contributed by atoms with Crippen LogP contribution in [0.5, 0.6) is 0 Å². The second-order valence-electron chi connectivity index (χ2n) is 5.84. The Hall–Kier alpha value is -2.03. The number of carbonyl (C=O) groups excluding carboxylic acids is 1. The van der Waals surface area contributed by atoms with E-state index in [2.05, 4.69) is 0 Å². The second kappa shape index (κ2) is 9.96. The number of unbranched alkanes of at least 4 members (excludes halogenated alkanes) is 1. The number of hydrogen-bond acceptors (Lipinski definition) is 7. The summed E-state index contributed by atoms with van der Waals surface area (Å²) in [6.07, 6.45) is 1.52. The van der Waals surface area contributed by atoms with Crippen LogP contribution in [0.1, 0.15) is 37.7 Å². The lowest BCUT2D eigenvalue weighted by molar-refractivity contribution is -0.572. The minimum Gasteiger partial charge on any atom is -0.460 e. The third-order valence-electron chi connectivity index (χ3n) is 3.84. The van der Waals surface area contributed by atoms with Gasteiger partial charge in [0, 0.05) is 17.8 Å². The second-order valence-corrected chi connectivity index (χ2v) is 5.84. The molecular weight excluding hydrogens is 312 g/mol. The minimum absolute atomic E-state index is 0.00613. The van der Waals surface area contributed by atoms with Gasteiger partial charge in [0.15, 0.2) is 0 Å². The molecule has 0 saturated carbocycles. The molecule has 0 spiro atoms. The number of carbonyl (C=O) groups is 1. The fourth-order valence-corrected chi connectivity index (χ4v) is 2.24. The molecule has 1 rings (SSSR count). The Kier molecular flexibility index (Phi) is 8.31. The molecular formula is C16H26N4O4. The predicted octanol–water partition coefficient (Wildman–Crippen LogP) is 0.898. The molecule has 1 aromatic carbocycles. The first-order chi connectivity index (χ1) is 11.4. The number of nitrogens with two attached hydrogens (primary N) is 3. The zero-order chi connectivity index (χ0) is 18.0. The van der Waals surface area contributed by atoms with E-state index in [9.17, 15) is 14.9 Å². The molecule has 2 atom stereocenters. The molecule has 2 unspecified atom stereocenters. The Balaban J connectivity index is 2.45. The van der Waals surface area contributed by atoms with Gasteiger partial charge in [-0.15, -0.1) is 0 Å². The number of nitro groups is 1. The van der Waals surface area contributed by atoms with E-state index in [1.807, 2.05) is 30.3 Å². The van der Waals surface area contributed by atoms with Crippen LogP contribution in [0.4, 0.5) is 0 Å². The molecule has 0 radical (unpaired) electrons. The van der Waals surface area contributed by atoms with E-state index < -0.39 is 22.6 Å². The Bertz CT molecular complexity index is 526. The van der Waals surface area contributed by atoms with Gasteiger partial charge in [-0.1, -0.05) is 30.3 Å². The van der Waals surface area contributed by atoms with Crippen molar-refractivity contribution in [1.29, 1.82) is 0 Å². The molecule has 0 aliphatic carbocycles. The molecule has 134 valence electrons. The highest BCUT2D eigenvalue weighted by molar-refractivity contribution is 5.75. The largest absolute Gasteiger partial charge is 0.460 e. The maximum atomic E-state index is 11.9. The third-order valence-corrected chi connectivity index (χ3v) is 3.84. The SMILES string of the molecule is NCCCCC(N)(CCC(N)C(=O)OCc1ccccc1)[N+](=O)[O-]. The molecule has 0 aliphatic rings. The molecule has 8 heteroatoms. The summed E-state index contributed by atoms with van der Waals surface area (Å²) in [5, 5.41) is 11.2. The summed E-state index contributed by atoms with van der Waals surface area (Å²) in [6, 6.07) is 8.25. The number of esters is 1. The minimum atomic E-state index is -1.59. The maximum absolute atomic E-state index is 11.9. The van der Waals surface area contributed by atoms with Gasteiger partial charge in [-0.3, -0.25) is 20.6 Å². The highest BCUT2D eigenvalue weighted by Gasteiger charge is 2.38. The zero-order valence-corrected chi connectivity index (χ0v) is 13.7. The van der Waals surface area contributed by atoms with Crippen molar-refractivity contribution in [2.45, 2.75) is 50.4 Å². The topological polar surface area (TPSA) is 148 Å². The number of rotatable bonds is 11. The van der Waals surface area contributed by atoms with E-state index in [-0.39, 0.29) is 25.9 Å². The van der Waals surface area contributed by atoms with Crippen LogP contribution in [-0.2, 0) is 16.1 Å². The van der Waals surface area contributed by atoms with E-state index in [1.165, 1.54) is 0 Å². The van der Waals surface area contributed by atoms with Crippen LogP contribution >= 0.6 is 0 Å². The molecule has 24 heavy (non-hydrogen) atoms. The highest BCUT2D eigenvalue weighted by atomic mass is 16.6. The molecule has 0 aliphatic heterocycles. The van der Waals surface area contributed by atoms with Gasteiger partial charge in [-0.05, 0) is 31.4 Å². The van der Waals surface area contributed by atoms with E-state index in [0.717, 1.165) is 5.56 Å². The molecule has 0 saturated heterocycles. The predicted molar refractivity (Wildman–Crippen MR) is 90.3 cm³/mol. The average Bonchev–Trinajstić information content (AvgIpc) is 2.58. The number of nitrogens with zero attached hydrogens (tertiary/aromatic N) is 1. The van der Waals surface area contributed by atoms with Crippen molar-refractivity contribution < 1.29 is 14.5 Å². The molecule has 8 nitrogen and oxygen atoms in total. The van der Waals surface area contributed by atoms with Crippen molar-refractivity contribution in [2.24, 2.45) is 17.2 Å². The van der Waals surface area contributed by atoms with Crippen molar-refractivity contribution in [3.8, 4) is 0 Å². The number of hydrogen-bond donors (Lipinski definition) is 3. The molecule has 1 aromatic rings. The van der Waals surface area contributed by atoms with Gasteiger partial charge in [0.25, 0.3) is 5.66 Å². The molecule has 0 aromatic heterocycles. The van der Waals surface area contributed by atoms with Crippen LogP contribution < -0.4 is 17.2 Å². The Morgan fingerprint density at radius 1 is 1.25 bits per heavy atom. The first-order valence-electron chi connectivity index (χ1n) is 7.98. The van der Waals surface area contributed by atoms with Crippen LogP contribution in [0, 0.1) is 10.1 Å². The number of benzene rings is 1. The van der Waals surface area contributed by atoms with Gasteiger partial charge >= 0.3 is 5.97 Å². The lowest BCUT2D eigenvalue weighted by Gasteiger charge is -2.22. The fourth-order valence-electron chi connectivity index (χ4n) is 2.24. The van der Waals surface area contributed by atoms with Crippen LogP contribution in [0.3, 0.4) is 0 Å². The summed E-state index contributed by atoms with van der Waals surface area (Å²) >= 11 is 0. The van der Waals surface area contributed by atoms with E-state index in [4.69, 9.17) is 21.9 Å². The van der Waals surface area contributed by atoms with Crippen LogP contribution in [0.25, 0.3) is 0 Å². The summed E-state index contributed by atoms with van der Waals surface area (Å²) in [7, 11) is 0. The van der Waals surface area contributed by atoms with Crippen LogP contribution in [-0.4, -0.2) is 29.1 Å².